The molecule has 2 aliphatic heterocycles. The molecular formula is C18H24O5. The summed E-state index contributed by atoms with van der Waals surface area (Å²) >= 11 is 0. The number of benzene rings is 1. The van der Waals surface area contributed by atoms with E-state index in [-0.39, 0.29) is 6.10 Å². The number of hydrogen-bond donors (Lipinski definition) is 2. The quantitative estimate of drug-likeness (QED) is 0.644. The van der Waals surface area contributed by atoms with Gasteiger partial charge in [0.05, 0.1) is 5.60 Å². The molecule has 5 heteroatoms. The maximum absolute atomic E-state index is 12.3. The number of carbonyl (C=O) groups is 1. The second-order valence-corrected chi connectivity index (χ2v) is 6.97. The largest absolute Gasteiger partial charge is 0.483 e. The fourth-order valence-corrected chi connectivity index (χ4v) is 3.38. The van der Waals surface area contributed by atoms with Crippen molar-refractivity contribution in [3.05, 3.63) is 28.8 Å². The Morgan fingerprint density at radius 1 is 1.17 bits per heavy atom. The van der Waals surface area contributed by atoms with E-state index in [4.69, 9.17) is 9.47 Å². The first-order valence-electron chi connectivity index (χ1n) is 8.29. The van der Waals surface area contributed by atoms with Gasteiger partial charge in [-0.15, -0.1) is 0 Å². The van der Waals surface area contributed by atoms with E-state index in [0.717, 1.165) is 31.2 Å². The van der Waals surface area contributed by atoms with E-state index < -0.39 is 23.8 Å². The first-order chi connectivity index (χ1) is 10.8. The summed E-state index contributed by atoms with van der Waals surface area (Å²) in [5.74, 6) is -0.0351. The minimum Gasteiger partial charge on any atom is -0.483 e. The smallest absolute Gasteiger partial charge is 0.342 e. The lowest BCUT2D eigenvalue weighted by atomic mass is 9.92. The summed E-state index contributed by atoms with van der Waals surface area (Å²) in [4.78, 5) is 12.3. The standard InChI is InChI=1S/C18H24O5/c1-4-5-6-7-12-10-8-9-11-14(19)16(18(2,3)21)23-15(11)13(10)17(20)22-12/h8-9,12,14,16,19,21H,4-7H2,1-3H3/t12-,14+,16-/m1/s1. The van der Waals surface area contributed by atoms with E-state index in [0.29, 0.717) is 16.9 Å². The zero-order chi connectivity index (χ0) is 16.8. The second kappa shape index (κ2) is 5.80. The van der Waals surface area contributed by atoms with Crippen molar-refractivity contribution in [3.8, 4) is 5.75 Å². The first-order valence-corrected chi connectivity index (χ1v) is 8.29. The number of carbonyl (C=O) groups excluding carboxylic acids is 1. The lowest BCUT2D eigenvalue weighted by molar-refractivity contribution is -0.0764. The molecule has 2 heterocycles. The number of esters is 1. The highest BCUT2D eigenvalue weighted by atomic mass is 16.6. The highest BCUT2D eigenvalue weighted by Crippen LogP contribution is 2.48. The molecule has 0 bridgehead atoms. The fourth-order valence-electron chi connectivity index (χ4n) is 3.38. The van der Waals surface area contributed by atoms with Crippen LogP contribution in [0.25, 0.3) is 0 Å². The lowest BCUT2D eigenvalue weighted by Crippen LogP contribution is -2.41. The van der Waals surface area contributed by atoms with Crippen molar-refractivity contribution < 1.29 is 24.5 Å². The van der Waals surface area contributed by atoms with Crippen molar-refractivity contribution in [3.63, 3.8) is 0 Å². The van der Waals surface area contributed by atoms with Crippen LogP contribution in [0.1, 0.15) is 80.1 Å². The maximum Gasteiger partial charge on any atom is 0.342 e. The second-order valence-electron chi connectivity index (χ2n) is 6.97. The Hall–Kier alpha value is -1.59. The minimum absolute atomic E-state index is 0.240. The van der Waals surface area contributed by atoms with Crippen LogP contribution >= 0.6 is 0 Å². The molecule has 2 N–H and O–H groups in total. The highest BCUT2D eigenvalue weighted by Gasteiger charge is 2.46. The van der Waals surface area contributed by atoms with Gasteiger partial charge in [0.1, 0.15) is 23.5 Å². The Labute approximate surface area is 136 Å². The van der Waals surface area contributed by atoms with Crippen molar-refractivity contribution in [1.29, 1.82) is 0 Å². The van der Waals surface area contributed by atoms with Crippen molar-refractivity contribution in [2.45, 2.75) is 70.4 Å². The predicted molar refractivity (Wildman–Crippen MR) is 84.4 cm³/mol. The molecule has 3 atom stereocenters. The zero-order valence-corrected chi connectivity index (χ0v) is 13.8. The van der Waals surface area contributed by atoms with Gasteiger partial charge in [0.25, 0.3) is 0 Å². The van der Waals surface area contributed by atoms with Gasteiger partial charge in [0.15, 0.2) is 6.10 Å². The third-order valence-electron chi connectivity index (χ3n) is 4.64. The summed E-state index contributed by atoms with van der Waals surface area (Å²) in [6.07, 6.45) is 2.02. The molecule has 5 nitrogen and oxygen atoms in total. The average molecular weight is 320 g/mol. The summed E-state index contributed by atoms with van der Waals surface area (Å²) in [7, 11) is 0. The van der Waals surface area contributed by atoms with Gasteiger partial charge in [-0.05, 0) is 26.7 Å². The van der Waals surface area contributed by atoms with Gasteiger partial charge in [-0.25, -0.2) is 4.79 Å². The molecule has 0 aliphatic carbocycles. The number of aliphatic hydroxyl groups is 2. The van der Waals surface area contributed by atoms with E-state index in [1.165, 1.54) is 0 Å². The number of unbranched alkanes of at least 4 members (excludes halogenated alkanes) is 2. The molecule has 0 fully saturated rings. The van der Waals surface area contributed by atoms with Gasteiger partial charge in [0, 0.05) is 11.1 Å². The molecule has 0 unspecified atom stereocenters. The summed E-state index contributed by atoms with van der Waals surface area (Å²) in [6.45, 7) is 5.30. The molecule has 2 aliphatic rings. The molecule has 126 valence electrons. The van der Waals surface area contributed by atoms with Crippen LogP contribution in [0.3, 0.4) is 0 Å². The molecule has 0 amide bonds. The number of cyclic esters (lactones) is 1. The van der Waals surface area contributed by atoms with E-state index in [9.17, 15) is 15.0 Å². The van der Waals surface area contributed by atoms with Gasteiger partial charge in [-0.1, -0.05) is 31.9 Å². The number of rotatable bonds is 5. The Morgan fingerprint density at radius 3 is 2.52 bits per heavy atom. The van der Waals surface area contributed by atoms with Crippen LogP contribution in [0, 0.1) is 0 Å². The van der Waals surface area contributed by atoms with Gasteiger partial charge < -0.3 is 19.7 Å². The number of ether oxygens (including phenoxy) is 2. The maximum atomic E-state index is 12.3. The first kappa shape index (κ1) is 16.3. The van der Waals surface area contributed by atoms with E-state index in [2.05, 4.69) is 6.92 Å². The Morgan fingerprint density at radius 2 is 1.87 bits per heavy atom. The Balaban J connectivity index is 1.92. The van der Waals surface area contributed by atoms with Gasteiger partial charge in [-0.2, -0.15) is 0 Å². The molecular weight excluding hydrogens is 296 g/mol. The molecule has 23 heavy (non-hydrogen) atoms. The summed E-state index contributed by atoms with van der Waals surface area (Å²) in [5, 5.41) is 20.6. The van der Waals surface area contributed by atoms with Crippen molar-refractivity contribution in [2.24, 2.45) is 0 Å². The van der Waals surface area contributed by atoms with E-state index in [1.54, 1.807) is 19.9 Å². The van der Waals surface area contributed by atoms with Crippen LogP contribution in [-0.2, 0) is 4.74 Å². The lowest BCUT2D eigenvalue weighted by Gasteiger charge is -2.27. The highest BCUT2D eigenvalue weighted by molar-refractivity contribution is 5.97. The zero-order valence-electron chi connectivity index (χ0n) is 13.8. The molecule has 3 rings (SSSR count). The molecule has 0 radical (unpaired) electrons. The molecule has 0 saturated heterocycles. The average Bonchev–Trinajstić information content (AvgIpc) is 2.98. The van der Waals surface area contributed by atoms with Crippen LogP contribution in [0.4, 0.5) is 0 Å². The summed E-state index contributed by atoms with van der Waals surface area (Å²) < 4.78 is 11.3. The van der Waals surface area contributed by atoms with Gasteiger partial charge in [-0.3, -0.25) is 0 Å². The van der Waals surface area contributed by atoms with Crippen LogP contribution in [-0.4, -0.2) is 27.9 Å². The molecule has 1 aromatic rings. The number of hydrogen-bond acceptors (Lipinski definition) is 5. The third-order valence-corrected chi connectivity index (χ3v) is 4.64. The van der Waals surface area contributed by atoms with Crippen LogP contribution in [0.5, 0.6) is 5.75 Å². The monoisotopic (exact) mass is 320 g/mol. The number of fused-ring (bicyclic) bond motifs is 3. The SMILES string of the molecule is CCCCC[C@H]1OC(=O)c2c1ccc1c2O[C@@H](C(C)(C)O)[C@H]1O. The van der Waals surface area contributed by atoms with Crippen LogP contribution in [0.15, 0.2) is 12.1 Å². The normalized spacial score (nSPS) is 25.8. The molecule has 0 aromatic heterocycles. The van der Waals surface area contributed by atoms with Crippen molar-refractivity contribution >= 4 is 5.97 Å². The van der Waals surface area contributed by atoms with Crippen LogP contribution in [0.2, 0.25) is 0 Å². The fraction of sp³-hybridized carbons (Fsp3) is 0.611. The minimum atomic E-state index is -1.21. The van der Waals surface area contributed by atoms with E-state index in [1.807, 2.05) is 6.07 Å². The predicted octanol–water partition coefficient (Wildman–Crippen LogP) is 3.04. The van der Waals surface area contributed by atoms with Gasteiger partial charge in [0.2, 0.25) is 0 Å². The summed E-state index contributed by atoms with van der Waals surface area (Å²) in [6, 6.07) is 3.62. The molecule has 0 saturated carbocycles. The van der Waals surface area contributed by atoms with Crippen molar-refractivity contribution in [1.82, 2.24) is 0 Å². The Bertz CT molecular complexity index is 617. The third kappa shape index (κ3) is 2.72. The molecule has 1 aromatic carbocycles. The van der Waals surface area contributed by atoms with Crippen LogP contribution < -0.4 is 4.74 Å². The summed E-state index contributed by atoms with van der Waals surface area (Å²) in [5.41, 5.74) is 0.569. The van der Waals surface area contributed by atoms with E-state index >= 15 is 0 Å². The topological polar surface area (TPSA) is 76.0 Å². The molecule has 0 spiro atoms. The van der Waals surface area contributed by atoms with Gasteiger partial charge >= 0.3 is 5.97 Å². The van der Waals surface area contributed by atoms with Crippen molar-refractivity contribution in [2.75, 3.05) is 0 Å². The number of aliphatic hydroxyl groups excluding tert-OH is 1. The Kier molecular flexibility index (Phi) is 4.10.